The maximum atomic E-state index is 12.6. The molecule has 0 radical (unpaired) electrons. The summed E-state index contributed by atoms with van der Waals surface area (Å²) in [7, 11) is 0. The minimum absolute atomic E-state index is 0.000435. The van der Waals surface area contributed by atoms with E-state index in [0.717, 1.165) is 28.4 Å². The second-order valence-electron chi connectivity index (χ2n) is 7.41. The Bertz CT molecular complexity index is 1130. The van der Waals surface area contributed by atoms with Crippen molar-refractivity contribution in [3.63, 3.8) is 0 Å². The number of hydrogen-bond acceptors (Lipinski definition) is 5. The first-order valence-electron chi connectivity index (χ1n) is 9.68. The van der Waals surface area contributed by atoms with Gasteiger partial charge in [-0.05, 0) is 24.0 Å². The minimum Gasteiger partial charge on any atom is -0.349 e. The van der Waals surface area contributed by atoms with Gasteiger partial charge < -0.3 is 10.3 Å². The van der Waals surface area contributed by atoms with Crippen LogP contribution in [0.5, 0.6) is 0 Å². The molecule has 1 amide bonds. The Morgan fingerprint density at radius 2 is 1.83 bits per heavy atom. The van der Waals surface area contributed by atoms with Crippen LogP contribution in [0, 0.1) is 5.92 Å². The van der Waals surface area contributed by atoms with E-state index in [-0.39, 0.29) is 17.7 Å². The van der Waals surface area contributed by atoms with Gasteiger partial charge in [-0.2, -0.15) is 0 Å². The number of benzene rings is 2. The summed E-state index contributed by atoms with van der Waals surface area (Å²) in [4.78, 5) is 20.3. The third-order valence-corrected chi connectivity index (χ3v) is 5.52. The molecule has 2 aromatic carbocycles. The van der Waals surface area contributed by atoms with Crippen molar-refractivity contribution in [3.05, 3.63) is 60.2 Å². The molecular weight excluding hydrogens is 382 g/mol. The molecule has 1 atom stereocenters. The highest BCUT2D eigenvalue weighted by Crippen LogP contribution is 2.24. The van der Waals surface area contributed by atoms with Crippen molar-refractivity contribution in [2.75, 3.05) is 5.75 Å². The molecule has 0 spiro atoms. The first-order chi connectivity index (χ1) is 14.1. The molecule has 7 heteroatoms. The monoisotopic (exact) mass is 405 g/mol. The Hall–Kier alpha value is -2.93. The molecule has 2 heterocycles. The molecule has 0 bridgehead atoms. The Morgan fingerprint density at radius 3 is 2.62 bits per heavy atom. The van der Waals surface area contributed by atoms with Crippen LogP contribution in [0.4, 0.5) is 0 Å². The van der Waals surface area contributed by atoms with Crippen molar-refractivity contribution in [2.45, 2.75) is 31.5 Å². The first kappa shape index (κ1) is 19.4. The molecular formula is C22H23N5OS. The average Bonchev–Trinajstić information content (AvgIpc) is 3.10. The number of nitrogens with zero attached hydrogens (tertiary/aromatic N) is 3. The molecule has 0 aliphatic carbocycles. The standard InChI is InChI=1S/C22H23N5OS/c1-14(2)12-18(15-8-4-3-5-9-15)23-19(28)13-29-22-25-21-20(26-27-22)16-10-6-7-11-17(16)24-21/h3-11,14,18H,12-13H2,1-2H3,(H,23,28)(H,24,25,27)/t18-/m1/s1. The zero-order valence-electron chi connectivity index (χ0n) is 16.4. The molecule has 29 heavy (non-hydrogen) atoms. The predicted octanol–water partition coefficient (Wildman–Crippen LogP) is 4.50. The van der Waals surface area contributed by atoms with Gasteiger partial charge in [-0.15, -0.1) is 10.2 Å². The van der Waals surface area contributed by atoms with E-state index < -0.39 is 0 Å². The number of nitrogens with one attached hydrogen (secondary N) is 2. The molecule has 0 unspecified atom stereocenters. The second kappa shape index (κ2) is 8.61. The number of H-pyrrole nitrogens is 1. The summed E-state index contributed by atoms with van der Waals surface area (Å²) in [6.45, 7) is 4.32. The fourth-order valence-corrected chi connectivity index (χ4v) is 3.97. The lowest BCUT2D eigenvalue weighted by molar-refractivity contribution is -0.119. The lowest BCUT2D eigenvalue weighted by Gasteiger charge is -2.21. The Labute approximate surface area is 173 Å². The van der Waals surface area contributed by atoms with E-state index in [4.69, 9.17) is 0 Å². The smallest absolute Gasteiger partial charge is 0.230 e. The average molecular weight is 406 g/mol. The van der Waals surface area contributed by atoms with Crippen molar-refractivity contribution < 1.29 is 4.79 Å². The Morgan fingerprint density at radius 1 is 1.07 bits per heavy atom. The molecule has 0 saturated heterocycles. The number of amides is 1. The van der Waals surface area contributed by atoms with Crippen molar-refractivity contribution in [1.82, 2.24) is 25.5 Å². The second-order valence-corrected chi connectivity index (χ2v) is 8.35. The van der Waals surface area contributed by atoms with Crippen molar-refractivity contribution in [2.24, 2.45) is 5.92 Å². The first-order valence-corrected chi connectivity index (χ1v) is 10.7. The Kier molecular flexibility index (Phi) is 5.76. The fourth-order valence-electron chi connectivity index (χ4n) is 3.37. The molecule has 148 valence electrons. The third-order valence-electron chi connectivity index (χ3n) is 4.68. The lowest BCUT2D eigenvalue weighted by Crippen LogP contribution is -2.30. The van der Waals surface area contributed by atoms with Crippen LogP contribution in [0.1, 0.15) is 31.9 Å². The summed E-state index contributed by atoms with van der Waals surface area (Å²) >= 11 is 1.29. The van der Waals surface area contributed by atoms with E-state index in [1.807, 2.05) is 42.5 Å². The van der Waals surface area contributed by atoms with E-state index in [1.165, 1.54) is 11.8 Å². The van der Waals surface area contributed by atoms with Gasteiger partial charge in [0.1, 0.15) is 5.52 Å². The van der Waals surface area contributed by atoms with Crippen LogP contribution in [0.15, 0.2) is 59.8 Å². The summed E-state index contributed by atoms with van der Waals surface area (Å²) in [5, 5.41) is 13.1. The quantitative estimate of drug-likeness (QED) is 0.442. The zero-order chi connectivity index (χ0) is 20.2. The largest absolute Gasteiger partial charge is 0.349 e. The van der Waals surface area contributed by atoms with Gasteiger partial charge in [0, 0.05) is 10.9 Å². The summed E-state index contributed by atoms with van der Waals surface area (Å²) in [6, 6.07) is 18.0. The molecule has 0 saturated carbocycles. The van der Waals surface area contributed by atoms with Gasteiger partial charge in [-0.25, -0.2) is 4.98 Å². The zero-order valence-corrected chi connectivity index (χ0v) is 17.2. The highest BCUT2D eigenvalue weighted by Gasteiger charge is 2.17. The molecule has 2 aromatic heterocycles. The van der Waals surface area contributed by atoms with Crippen LogP contribution in [0.2, 0.25) is 0 Å². The SMILES string of the molecule is CC(C)C[C@@H](NC(=O)CSc1nnc2c(n1)[nH]c1ccccc12)c1ccccc1. The maximum Gasteiger partial charge on any atom is 0.230 e. The van der Waals surface area contributed by atoms with Crippen LogP contribution < -0.4 is 5.32 Å². The number of rotatable bonds is 7. The number of fused-ring (bicyclic) bond motifs is 3. The van der Waals surface area contributed by atoms with Gasteiger partial charge in [-0.3, -0.25) is 4.79 Å². The predicted molar refractivity (Wildman–Crippen MR) is 117 cm³/mol. The molecule has 2 N–H and O–H groups in total. The van der Waals surface area contributed by atoms with Crippen molar-refractivity contribution in [1.29, 1.82) is 0 Å². The number of hydrogen-bond donors (Lipinski definition) is 2. The number of thioether (sulfide) groups is 1. The molecule has 4 aromatic rings. The van der Waals surface area contributed by atoms with Crippen LogP contribution in [0.3, 0.4) is 0 Å². The fraction of sp³-hybridized carbons (Fsp3) is 0.273. The summed E-state index contributed by atoms with van der Waals surface area (Å²) in [5.74, 6) is 0.685. The van der Waals surface area contributed by atoms with E-state index >= 15 is 0 Å². The molecule has 0 aliphatic heterocycles. The minimum atomic E-state index is -0.0372. The molecule has 6 nitrogen and oxygen atoms in total. The highest BCUT2D eigenvalue weighted by atomic mass is 32.2. The van der Waals surface area contributed by atoms with Gasteiger partial charge in [0.2, 0.25) is 11.1 Å². The Balaban J connectivity index is 1.43. The number of carbonyl (C=O) groups is 1. The maximum absolute atomic E-state index is 12.6. The van der Waals surface area contributed by atoms with Crippen molar-refractivity contribution in [3.8, 4) is 0 Å². The highest BCUT2D eigenvalue weighted by molar-refractivity contribution is 7.99. The van der Waals surface area contributed by atoms with E-state index in [9.17, 15) is 4.79 Å². The van der Waals surface area contributed by atoms with Gasteiger partial charge in [0.05, 0.1) is 11.8 Å². The van der Waals surface area contributed by atoms with E-state index in [1.54, 1.807) is 0 Å². The summed E-state index contributed by atoms with van der Waals surface area (Å²) in [5.41, 5.74) is 3.53. The third kappa shape index (κ3) is 4.56. The van der Waals surface area contributed by atoms with Gasteiger partial charge in [0.25, 0.3) is 0 Å². The molecule has 0 aliphatic rings. The molecule has 0 fully saturated rings. The summed E-state index contributed by atoms with van der Waals surface area (Å²) in [6.07, 6.45) is 0.888. The number of aromatic amines is 1. The normalized spacial score (nSPS) is 12.5. The van der Waals surface area contributed by atoms with Crippen LogP contribution >= 0.6 is 11.8 Å². The van der Waals surface area contributed by atoms with Gasteiger partial charge in [-0.1, -0.05) is 74.1 Å². The van der Waals surface area contributed by atoms with Crippen LogP contribution in [-0.4, -0.2) is 31.8 Å². The summed E-state index contributed by atoms with van der Waals surface area (Å²) < 4.78 is 0. The number of para-hydroxylation sites is 1. The number of carbonyl (C=O) groups excluding carboxylic acids is 1. The van der Waals surface area contributed by atoms with Crippen molar-refractivity contribution >= 4 is 39.7 Å². The van der Waals surface area contributed by atoms with E-state index in [0.29, 0.717) is 16.7 Å². The van der Waals surface area contributed by atoms with Gasteiger partial charge in [0.15, 0.2) is 5.65 Å². The lowest BCUT2D eigenvalue weighted by atomic mass is 9.97. The van der Waals surface area contributed by atoms with Crippen LogP contribution in [0.25, 0.3) is 22.1 Å². The van der Waals surface area contributed by atoms with Gasteiger partial charge >= 0.3 is 0 Å². The van der Waals surface area contributed by atoms with E-state index in [2.05, 4.69) is 51.5 Å². The number of aromatic nitrogens is 4. The topological polar surface area (TPSA) is 83.6 Å². The molecule has 4 rings (SSSR count). The van der Waals surface area contributed by atoms with Crippen LogP contribution in [-0.2, 0) is 4.79 Å².